The summed E-state index contributed by atoms with van der Waals surface area (Å²) in [5, 5.41) is 11.8. The maximum absolute atomic E-state index is 13.0. The number of carbonyl (C=O) groups excluding carboxylic acids is 1. The Kier molecular flexibility index (Phi) is 11.8. The molecule has 2 N–H and O–H groups in total. The number of aliphatic hydroxyl groups is 1. The van der Waals surface area contributed by atoms with Crippen LogP contribution in [0.2, 0.25) is 0 Å². The van der Waals surface area contributed by atoms with Crippen LogP contribution < -0.4 is 5.32 Å². The number of carbonyl (C=O) groups is 1. The number of hydrogen-bond donors (Lipinski definition) is 2. The minimum atomic E-state index is -4.07. The normalized spacial score (nSPS) is 15.8. The lowest BCUT2D eigenvalue weighted by molar-refractivity contribution is -0.159. The van der Waals surface area contributed by atoms with Crippen LogP contribution in [0.5, 0.6) is 0 Å². The van der Waals surface area contributed by atoms with Crippen molar-refractivity contribution >= 4 is 13.6 Å². The van der Waals surface area contributed by atoms with Crippen LogP contribution in [0.3, 0.4) is 0 Å². The van der Waals surface area contributed by atoms with Gasteiger partial charge in [-0.05, 0) is 40.7 Å². The van der Waals surface area contributed by atoms with E-state index in [0.29, 0.717) is 6.54 Å². The maximum atomic E-state index is 13.0. The van der Waals surface area contributed by atoms with Crippen LogP contribution in [-0.4, -0.2) is 48.8 Å². The van der Waals surface area contributed by atoms with Gasteiger partial charge in [0.25, 0.3) is 5.34 Å². The van der Waals surface area contributed by atoms with Gasteiger partial charge in [0.05, 0.1) is 19.8 Å². The van der Waals surface area contributed by atoms with Crippen molar-refractivity contribution in [1.29, 1.82) is 0 Å². The second kappa shape index (κ2) is 12.0. The molecule has 24 heavy (non-hydrogen) atoms. The van der Waals surface area contributed by atoms with Gasteiger partial charge in [0, 0.05) is 12.5 Å². The second-order valence-corrected chi connectivity index (χ2v) is 7.87. The molecule has 0 aromatic rings. The molecule has 0 radical (unpaired) electrons. The third kappa shape index (κ3) is 6.81. The molecule has 0 spiro atoms. The van der Waals surface area contributed by atoms with Crippen LogP contribution >= 0.6 is 7.60 Å². The van der Waals surface area contributed by atoms with Crippen molar-refractivity contribution in [3.05, 3.63) is 0 Å². The maximum Gasteiger partial charge on any atom is 0.373 e. The molecule has 0 bridgehead atoms. The summed E-state index contributed by atoms with van der Waals surface area (Å²) in [6.07, 6.45) is 3.07. The number of nitrogens with one attached hydrogen (secondary N) is 1. The highest BCUT2D eigenvalue weighted by Gasteiger charge is 2.56. The summed E-state index contributed by atoms with van der Waals surface area (Å²) in [6, 6.07) is 0.231. The molecule has 0 aromatic carbocycles. The van der Waals surface area contributed by atoms with E-state index in [-0.39, 0.29) is 32.3 Å². The summed E-state index contributed by atoms with van der Waals surface area (Å²) in [6.45, 7) is 9.50. The van der Waals surface area contributed by atoms with E-state index in [0.717, 1.165) is 19.3 Å². The molecule has 0 heterocycles. The Morgan fingerprint density at radius 2 is 1.75 bits per heavy atom. The standard InChI is InChI=1S/C16H34NO6P/c1-6-10-11-14(5)17-13-12-16(19,15(18)21-7-2)24(20,22-8-3)23-9-4/h14,17,19H,6-13H2,1-5H3. The molecule has 7 nitrogen and oxygen atoms in total. The van der Waals surface area contributed by atoms with Gasteiger partial charge in [-0.3, -0.25) is 4.57 Å². The predicted octanol–water partition coefficient (Wildman–Crippen LogP) is 3.06. The zero-order chi connectivity index (χ0) is 18.6. The Morgan fingerprint density at radius 3 is 2.21 bits per heavy atom. The Bertz CT molecular complexity index is 396. The number of esters is 1. The molecule has 0 aromatic heterocycles. The first kappa shape index (κ1) is 23.5. The predicted molar refractivity (Wildman–Crippen MR) is 94.0 cm³/mol. The molecule has 2 atom stereocenters. The van der Waals surface area contributed by atoms with Crippen molar-refractivity contribution in [2.24, 2.45) is 0 Å². The first-order chi connectivity index (χ1) is 11.3. The molecule has 0 aliphatic heterocycles. The highest BCUT2D eigenvalue weighted by atomic mass is 31.2. The lowest BCUT2D eigenvalue weighted by atomic mass is 10.1. The van der Waals surface area contributed by atoms with Crippen LogP contribution in [0.15, 0.2) is 0 Å². The van der Waals surface area contributed by atoms with E-state index in [4.69, 9.17) is 13.8 Å². The highest BCUT2D eigenvalue weighted by Crippen LogP contribution is 2.60. The van der Waals surface area contributed by atoms with Crippen molar-refractivity contribution in [2.45, 2.75) is 71.7 Å². The van der Waals surface area contributed by atoms with Crippen LogP contribution in [0.4, 0.5) is 0 Å². The second-order valence-electron chi connectivity index (χ2n) is 5.62. The Hall–Kier alpha value is -0.460. The molecule has 0 saturated carbocycles. The van der Waals surface area contributed by atoms with E-state index in [9.17, 15) is 14.5 Å². The fourth-order valence-corrected chi connectivity index (χ4v) is 4.15. The van der Waals surface area contributed by atoms with Crippen molar-refractivity contribution in [3.8, 4) is 0 Å². The number of unbranched alkanes of at least 4 members (excludes halogenated alkanes) is 1. The summed E-state index contributed by atoms with van der Waals surface area (Å²) < 4.78 is 28.3. The van der Waals surface area contributed by atoms with Crippen LogP contribution in [0, 0.1) is 0 Å². The van der Waals surface area contributed by atoms with E-state index in [2.05, 4.69) is 12.2 Å². The van der Waals surface area contributed by atoms with E-state index >= 15 is 0 Å². The molecular weight excluding hydrogens is 333 g/mol. The molecule has 0 aliphatic carbocycles. The third-order valence-electron chi connectivity index (χ3n) is 3.61. The van der Waals surface area contributed by atoms with Gasteiger partial charge in [-0.1, -0.05) is 19.8 Å². The minimum absolute atomic E-state index is 0.0549. The van der Waals surface area contributed by atoms with E-state index in [1.165, 1.54) is 0 Å². The van der Waals surface area contributed by atoms with E-state index < -0.39 is 18.9 Å². The van der Waals surface area contributed by atoms with E-state index in [1.54, 1.807) is 20.8 Å². The van der Waals surface area contributed by atoms with Gasteiger partial charge >= 0.3 is 13.6 Å². The van der Waals surface area contributed by atoms with Crippen LogP contribution in [0.1, 0.15) is 60.3 Å². The SMILES string of the molecule is CCCCC(C)NCCC(O)(C(=O)OCC)P(=O)(OCC)OCC. The van der Waals surface area contributed by atoms with Gasteiger partial charge in [-0.15, -0.1) is 0 Å². The quantitative estimate of drug-likeness (QED) is 0.360. The number of ether oxygens (including phenoxy) is 1. The molecule has 0 fully saturated rings. The molecule has 8 heteroatoms. The molecule has 2 unspecified atom stereocenters. The molecular formula is C16H34NO6P. The third-order valence-corrected chi connectivity index (χ3v) is 6.12. The monoisotopic (exact) mass is 367 g/mol. The zero-order valence-corrected chi connectivity index (χ0v) is 16.6. The van der Waals surface area contributed by atoms with E-state index in [1.807, 2.05) is 6.92 Å². The van der Waals surface area contributed by atoms with Crippen molar-refractivity contribution in [1.82, 2.24) is 5.32 Å². The van der Waals surface area contributed by atoms with Gasteiger partial charge in [0.2, 0.25) is 0 Å². The van der Waals surface area contributed by atoms with Gasteiger partial charge in [-0.2, -0.15) is 0 Å². The summed E-state index contributed by atoms with van der Waals surface area (Å²) >= 11 is 0. The molecule has 0 amide bonds. The first-order valence-electron chi connectivity index (χ1n) is 8.83. The van der Waals surface area contributed by atoms with Crippen molar-refractivity contribution in [2.75, 3.05) is 26.4 Å². The van der Waals surface area contributed by atoms with Crippen LogP contribution in [0.25, 0.3) is 0 Å². The first-order valence-corrected chi connectivity index (χ1v) is 10.4. The Morgan fingerprint density at radius 1 is 1.17 bits per heavy atom. The Labute approximate surface area is 146 Å². The summed E-state index contributed by atoms with van der Waals surface area (Å²) in [5.41, 5.74) is 0. The summed E-state index contributed by atoms with van der Waals surface area (Å²) in [4.78, 5) is 12.3. The topological polar surface area (TPSA) is 94.1 Å². The van der Waals surface area contributed by atoms with Gasteiger partial charge in [-0.25, -0.2) is 4.79 Å². The summed E-state index contributed by atoms with van der Waals surface area (Å²) in [5.74, 6) is -0.974. The van der Waals surface area contributed by atoms with Gasteiger partial charge < -0.3 is 24.2 Å². The van der Waals surface area contributed by atoms with Gasteiger partial charge in [0.1, 0.15) is 0 Å². The average molecular weight is 367 g/mol. The van der Waals surface area contributed by atoms with Gasteiger partial charge in [0.15, 0.2) is 0 Å². The minimum Gasteiger partial charge on any atom is -0.463 e. The highest BCUT2D eigenvalue weighted by molar-refractivity contribution is 7.56. The molecule has 0 saturated heterocycles. The molecule has 0 aliphatic rings. The lowest BCUT2D eigenvalue weighted by Gasteiger charge is -2.32. The number of hydrogen-bond acceptors (Lipinski definition) is 7. The smallest absolute Gasteiger partial charge is 0.373 e. The fraction of sp³-hybridized carbons (Fsp3) is 0.938. The van der Waals surface area contributed by atoms with Crippen LogP contribution in [-0.2, 0) is 23.1 Å². The molecule has 0 rings (SSSR count). The number of rotatable bonds is 14. The lowest BCUT2D eigenvalue weighted by Crippen LogP contribution is -2.44. The Balaban J connectivity index is 5.13. The zero-order valence-electron chi connectivity index (χ0n) is 15.7. The van der Waals surface area contributed by atoms with Crippen molar-refractivity contribution < 1.29 is 28.3 Å². The fourth-order valence-electron chi connectivity index (χ4n) is 2.29. The largest absolute Gasteiger partial charge is 0.463 e. The molecule has 144 valence electrons. The summed E-state index contributed by atoms with van der Waals surface area (Å²) in [7, 11) is -4.07. The average Bonchev–Trinajstić information content (AvgIpc) is 2.53. The van der Waals surface area contributed by atoms with Crippen molar-refractivity contribution in [3.63, 3.8) is 0 Å².